The van der Waals surface area contributed by atoms with Gasteiger partial charge in [0.25, 0.3) is 0 Å². The smallest absolute Gasteiger partial charge is 0.248 e. The number of carbonyl (C=O) groups excluding carboxylic acids is 1. The molecule has 1 amide bonds. The number of nitrogens with one attached hydrogen (secondary N) is 2. The van der Waals surface area contributed by atoms with Gasteiger partial charge in [0.2, 0.25) is 15.9 Å². The maximum absolute atomic E-state index is 13.6. The fourth-order valence-electron chi connectivity index (χ4n) is 1.85. The average Bonchev–Trinajstić information content (AvgIpc) is 2.55. The van der Waals surface area contributed by atoms with E-state index in [4.69, 9.17) is 11.6 Å². The molecule has 0 unspecified atom stereocenters. The van der Waals surface area contributed by atoms with E-state index in [1.807, 2.05) is 0 Å². The largest absolute Gasteiger partial charge is 0.323 e. The van der Waals surface area contributed by atoms with E-state index in [1.165, 1.54) is 55.6 Å². The van der Waals surface area contributed by atoms with Gasteiger partial charge < -0.3 is 5.32 Å². The Morgan fingerprint density at radius 2 is 1.83 bits per heavy atom. The van der Waals surface area contributed by atoms with Crippen molar-refractivity contribution in [1.82, 2.24) is 4.72 Å². The van der Waals surface area contributed by atoms with Gasteiger partial charge >= 0.3 is 0 Å². The Balaban J connectivity index is 2.09. The van der Waals surface area contributed by atoms with Crippen LogP contribution >= 0.6 is 11.6 Å². The third-order valence-electron chi connectivity index (χ3n) is 3.10. The molecule has 8 heteroatoms. The van der Waals surface area contributed by atoms with Gasteiger partial charge in [0, 0.05) is 17.3 Å². The monoisotopic (exact) mass is 368 g/mol. The molecule has 2 aromatic rings. The SMILES string of the molecule is CNS(=O)(=O)c1ccc(NC(=O)/C=C/c2c(F)cccc2Cl)cc1. The average molecular weight is 369 g/mol. The number of halogens is 2. The quantitative estimate of drug-likeness (QED) is 0.796. The van der Waals surface area contributed by atoms with Gasteiger partial charge in [0.15, 0.2) is 0 Å². The number of amides is 1. The summed E-state index contributed by atoms with van der Waals surface area (Å²) < 4.78 is 39.0. The second-order valence-corrected chi connectivity index (χ2v) is 6.98. The third kappa shape index (κ3) is 4.41. The minimum atomic E-state index is -3.53. The van der Waals surface area contributed by atoms with E-state index in [2.05, 4.69) is 10.0 Å². The third-order valence-corrected chi connectivity index (χ3v) is 4.86. The molecular weight excluding hydrogens is 355 g/mol. The first-order chi connectivity index (χ1) is 11.3. The van der Waals surface area contributed by atoms with Gasteiger partial charge in [-0.1, -0.05) is 17.7 Å². The second-order valence-electron chi connectivity index (χ2n) is 4.69. The van der Waals surface area contributed by atoms with E-state index in [9.17, 15) is 17.6 Å². The molecule has 0 aliphatic heterocycles. The van der Waals surface area contributed by atoms with Crippen LogP contribution in [0.4, 0.5) is 10.1 Å². The summed E-state index contributed by atoms with van der Waals surface area (Å²) >= 11 is 5.86. The zero-order chi connectivity index (χ0) is 17.7. The molecule has 0 heterocycles. The first kappa shape index (κ1) is 18.1. The van der Waals surface area contributed by atoms with E-state index < -0.39 is 21.7 Å². The lowest BCUT2D eigenvalue weighted by atomic mass is 10.2. The van der Waals surface area contributed by atoms with Gasteiger partial charge in [0.05, 0.1) is 9.92 Å². The van der Waals surface area contributed by atoms with Crippen LogP contribution in [0.1, 0.15) is 5.56 Å². The van der Waals surface area contributed by atoms with Gasteiger partial charge in [-0.05, 0) is 49.5 Å². The zero-order valence-corrected chi connectivity index (χ0v) is 14.2. The Hall–Kier alpha value is -2.22. The molecule has 2 rings (SSSR count). The van der Waals surface area contributed by atoms with Crippen molar-refractivity contribution < 1.29 is 17.6 Å². The highest BCUT2D eigenvalue weighted by molar-refractivity contribution is 7.89. The molecule has 0 atom stereocenters. The highest BCUT2D eigenvalue weighted by Gasteiger charge is 2.10. The fourth-order valence-corrected chi connectivity index (χ4v) is 2.80. The summed E-state index contributed by atoms with van der Waals surface area (Å²) in [5.74, 6) is -1.04. The Kier molecular flexibility index (Phi) is 5.71. The molecule has 0 bridgehead atoms. The van der Waals surface area contributed by atoms with Crippen LogP contribution in [0, 0.1) is 5.82 Å². The highest BCUT2D eigenvalue weighted by Crippen LogP contribution is 2.20. The Bertz CT molecular complexity index is 860. The lowest BCUT2D eigenvalue weighted by molar-refractivity contribution is -0.111. The molecule has 0 saturated heterocycles. The number of rotatable bonds is 5. The molecule has 2 aromatic carbocycles. The molecule has 0 radical (unpaired) electrons. The van der Waals surface area contributed by atoms with Gasteiger partial charge in [-0.25, -0.2) is 17.5 Å². The first-order valence-electron chi connectivity index (χ1n) is 6.80. The van der Waals surface area contributed by atoms with Crippen LogP contribution in [-0.4, -0.2) is 21.4 Å². The lowest BCUT2D eigenvalue weighted by Gasteiger charge is -2.05. The van der Waals surface area contributed by atoms with Crippen LogP contribution in [0.2, 0.25) is 5.02 Å². The maximum Gasteiger partial charge on any atom is 0.248 e. The summed E-state index contributed by atoms with van der Waals surface area (Å²) in [7, 11) is -2.22. The van der Waals surface area contributed by atoms with Crippen LogP contribution in [0.3, 0.4) is 0 Å². The van der Waals surface area contributed by atoms with Crippen LogP contribution in [0.25, 0.3) is 6.08 Å². The van der Waals surface area contributed by atoms with Crippen LogP contribution < -0.4 is 10.0 Å². The molecular formula is C16H14ClFN2O3S. The van der Waals surface area contributed by atoms with Crippen molar-refractivity contribution >= 4 is 39.3 Å². The van der Waals surface area contributed by atoms with E-state index in [1.54, 1.807) is 0 Å². The number of hydrogen-bond donors (Lipinski definition) is 2. The van der Waals surface area contributed by atoms with Crippen molar-refractivity contribution in [2.75, 3.05) is 12.4 Å². The number of hydrogen-bond acceptors (Lipinski definition) is 3. The fraction of sp³-hybridized carbons (Fsp3) is 0.0625. The first-order valence-corrected chi connectivity index (χ1v) is 8.66. The predicted molar refractivity (Wildman–Crippen MR) is 91.8 cm³/mol. The molecule has 0 aliphatic carbocycles. The standard InChI is InChI=1S/C16H14ClFN2O3S/c1-19-24(22,23)12-7-5-11(6-8-12)20-16(21)10-9-13-14(17)3-2-4-15(13)18/h2-10,19H,1H3,(H,20,21)/b10-9+. The second kappa shape index (κ2) is 7.57. The summed E-state index contributed by atoms with van der Waals surface area (Å²) in [6, 6.07) is 9.85. The van der Waals surface area contributed by atoms with E-state index in [0.29, 0.717) is 5.69 Å². The summed E-state index contributed by atoms with van der Waals surface area (Å²) in [4.78, 5) is 11.9. The van der Waals surface area contributed by atoms with E-state index in [-0.39, 0.29) is 15.5 Å². The molecule has 0 saturated carbocycles. The van der Waals surface area contributed by atoms with Crippen molar-refractivity contribution in [1.29, 1.82) is 0 Å². The molecule has 0 aliphatic rings. The number of benzene rings is 2. The molecule has 24 heavy (non-hydrogen) atoms. The van der Waals surface area contributed by atoms with Gasteiger partial charge in [0.1, 0.15) is 5.82 Å². The van der Waals surface area contributed by atoms with Crippen LogP contribution in [0.15, 0.2) is 53.4 Å². The molecule has 0 spiro atoms. The molecule has 126 valence electrons. The number of carbonyl (C=O) groups is 1. The van der Waals surface area contributed by atoms with Gasteiger partial charge in [-0.3, -0.25) is 4.79 Å². The van der Waals surface area contributed by atoms with Crippen molar-refractivity contribution in [3.63, 3.8) is 0 Å². The molecule has 0 aromatic heterocycles. The summed E-state index contributed by atoms with van der Waals surface area (Å²) in [6.45, 7) is 0. The molecule has 2 N–H and O–H groups in total. The van der Waals surface area contributed by atoms with E-state index >= 15 is 0 Å². The zero-order valence-electron chi connectivity index (χ0n) is 12.6. The number of sulfonamides is 1. The summed E-state index contributed by atoms with van der Waals surface area (Å²) in [6.07, 6.45) is 2.41. The van der Waals surface area contributed by atoms with Crippen LogP contribution in [-0.2, 0) is 14.8 Å². The minimum absolute atomic E-state index is 0.0803. The minimum Gasteiger partial charge on any atom is -0.323 e. The maximum atomic E-state index is 13.6. The normalized spacial score (nSPS) is 11.6. The summed E-state index contributed by atoms with van der Waals surface area (Å²) in [5.41, 5.74) is 0.518. The number of anilines is 1. The van der Waals surface area contributed by atoms with Crippen molar-refractivity contribution in [3.8, 4) is 0 Å². The topological polar surface area (TPSA) is 75.3 Å². The predicted octanol–water partition coefficient (Wildman–Crippen LogP) is 3.04. The van der Waals surface area contributed by atoms with Crippen LogP contribution in [0.5, 0.6) is 0 Å². The van der Waals surface area contributed by atoms with Crippen molar-refractivity contribution in [2.45, 2.75) is 4.90 Å². The Morgan fingerprint density at radius 1 is 1.17 bits per heavy atom. The Morgan fingerprint density at radius 3 is 2.42 bits per heavy atom. The van der Waals surface area contributed by atoms with Gasteiger partial charge in [-0.2, -0.15) is 0 Å². The highest BCUT2D eigenvalue weighted by atomic mass is 35.5. The Labute approximate surface area is 144 Å². The van der Waals surface area contributed by atoms with Gasteiger partial charge in [-0.15, -0.1) is 0 Å². The van der Waals surface area contributed by atoms with Crippen molar-refractivity contribution in [2.24, 2.45) is 0 Å². The molecule has 0 fully saturated rings. The van der Waals surface area contributed by atoms with Crippen molar-refractivity contribution in [3.05, 3.63) is 64.9 Å². The lowest BCUT2D eigenvalue weighted by Crippen LogP contribution is -2.18. The summed E-state index contributed by atoms with van der Waals surface area (Å²) in [5, 5.41) is 2.74. The molecule has 5 nitrogen and oxygen atoms in total. The van der Waals surface area contributed by atoms with E-state index in [0.717, 1.165) is 6.08 Å².